The third-order valence-corrected chi connectivity index (χ3v) is 4.16. The summed E-state index contributed by atoms with van der Waals surface area (Å²) >= 11 is 0. The highest BCUT2D eigenvalue weighted by molar-refractivity contribution is 5.97. The van der Waals surface area contributed by atoms with E-state index in [1.807, 2.05) is 69.3 Å². The Labute approximate surface area is 149 Å². The number of hydrogen-bond acceptors (Lipinski definition) is 2. The van der Waals surface area contributed by atoms with E-state index in [-0.39, 0.29) is 11.8 Å². The summed E-state index contributed by atoms with van der Waals surface area (Å²) in [5.74, 6) is -0.169. The maximum Gasteiger partial charge on any atom is 0.230 e. The lowest BCUT2D eigenvalue weighted by atomic mass is 9.84. The molecule has 4 nitrogen and oxygen atoms in total. The van der Waals surface area contributed by atoms with Gasteiger partial charge in [-0.1, -0.05) is 57.2 Å². The molecule has 0 spiro atoms. The van der Waals surface area contributed by atoms with Crippen molar-refractivity contribution >= 4 is 23.2 Å². The van der Waals surface area contributed by atoms with Gasteiger partial charge in [0.25, 0.3) is 0 Å². The summed E-state index contributed by atoms with van der Waals surface area (Å²) in [5.41, 5.74) is 3.06. The van der Waals surface area contributed by atoms with Gasteiger partial charge in [0.15, 0.2) is 0 Å². The van der Waals surface area contributed by atoms with Gasteiger partial charge in [0, 0.05) is 23.7 Å². The number of rotatable bonds is 6. The van der Waals surface area contributed by atoms with Gasteiger partial charge in [-0.3, -0.25) is 9.59 Å². The van der Waals surface area contributed by atoms with E-state index in [4.69, 9.17) is 0 Å². The minimum Gasteiger partial charge on any atom is -0.326 e. The average molecular weight is 338 g/mol. The topological polar surface area (TPSA) is 58.2 Å². The van der Waals surface area contributed by atoms with Crippen LogP contribution in [0.25, 0.3) is 0 Å². The van der Waals surface area contributed by atoms with E-state index in [1.165, 1.54) is 6.92 Å². The quantitative estimate of drug-likeness (QED) is 0.819. The highest BCUT2D eigenvalue weighted by atomic mass is 16.2. The van der Waals surface area contributed by atoms with Gasteiger partial charge in [0.2, 0.25) is 11.8 Å². The number of nitrogens with one attached hydrogen (secondary N) is 2. The van der Waals surface area contributed by atoms with Crippen LogP contribution in [-0.4, -0.2) is 11.8 Å². The number of amides is 2. The van der Waals surface area contributed by atoms with Crippen molar-refractivity contribution in [2.75, 3.05) is 10.6 Å². The third kappa shape index (κ3) is 5.18. The standard InChI is InChI=1S/C21H26N2O2/c1-5-17-11-12-18(22-15(2)24)13-19(17)23-20(25)21(3,4)14-16-9-7-6-8-10-16/h6-13H,5,14H2,1-4H3,(H,22,24)(H,23,25). The Hall–Kier alpha value is -2.62. The Morgan fingerprint density at radius 2 is 1.68 bits per heavy atom. The molecule has 0 aliphatic heterocycles. The molecule has 0 heterocycles. The van der Waals surface area contributed by atoms with E-state index in [0.29, 0.717) is 12.1 Å². The third-order valence-electron chi connectivity index (χ3n) is 4.16. The van der Waals surface area contributed by atoms with E-state index < -0.39 is 5.41 Å². The highest BCUT2D eigenvalue weighted by Crippen LogP contribution is 2.27. The van der Waals surface area contributed by atoms with Crippen molar-refractivity contribution < 1.29 is 9.59 Å². The second-order valence-electron chi connectivity index (χ2n) is 6.91. The molecule has 0 atom stereocenters. The summed E-state index contributed by atoms with van der Waals surface area (Å²) < 4.78 is 0. The minimum absolute atomic E-state index is 0.0361. The van der Waals surface area contributed by atoms with Crippen molar-refractivity contribution in [3.63, 3.8) is 0 Å². The fourth-order valence-electron chi connectivity index (χ4n) is 2.76. The summed E-state index contributed by atoms with van der Waals surface area (Å²) in [6.07, 6.45) is 1.46. The highest BCUT2D eigenvalue weighted by Gasteiger charge is 2.28. The molecule has 2 rings (SSSR count). The second-order valence-corrected chi connectivity index (χ2v) is 6.91. The molecular weight excluding hydrogens is 312 g/mol. The molecule has 0 saturated heterocycles. The van der Waals surface area contributed by atoms with Crippen LogP contribution in [0, 0.1) is 5.41 Å². The molecular formula is C21H26N2O2. The number of carbonyl (C=O) groups is 2. The molecule has 25 heavy (non-hydrogen) atoms. The molecule has 4 heteroatoms. The fourth-order valence-corrected chi connectivity index (χ4v) is 2.76. The van der Waals surface area contributed by atoms with Gasteiger partial charge in [-0.15, -0.1) is 0 Å². The summed E-state index contributed by atoms with van der Waals surface area (Å²) in [6.45, 7) is 7.39. The first-order chi connectivity index (χ1) is 11.8. The number of aryl methyl sites for hydroxylation is 1. The molecule has 0 fully saturated rings. The molecule has 0 aromatic heterocycles. The molecule has 0 unspecified atom stereocenters. The molecule has 132 valence electrons. The first-order valence-corrected chi connectivity index (χ1v) is 8.57. The van der Waals surface area contributed by atoms with Crippen LogP contribution in [0.5, 0.6) is 0 Å². The molecule has 0 radical (unpaired) electrons. The van der Waals surface area contributed by atoms with Gasteiger partial charge in [-0.25, -0.2) is 0 Å². The van der Waals surface area contributed by atoms with Crippen molar-refractivity contribution in [1.29, 1.82) is 0 Å². The van der Waals surface area contributed by atoms with Crippen LogP contribution in [0.1, 0.15) is 38.8 Å². The van der Waals surface area contributed by atoms with E-state index in [2.05, 4.69) is 10.6 Å². The lowest BCUT2D eigenvalue weighted by Gasteiger charge is -2.24. The van der Waals surface area contributed by atoms with Crippen molar-refractivity contribution in [2.45, 2.75) is 40.5 Å². The lowest BCUT2D eigenvalue weighted by Crippen LogP contribution is -2.33. The van der Waals surface area contributed by atoms with E-state index >= 15 is 0 Å². The molecule has 2 aromatic rings. The van der Waals surface area contributed by atoms with Gasteiger partial charge in [-0.2, -0.15) is 0 Å². The summed E-state index contributed by atoms with van der Waals surface area (Å²) in [7, 11) is 0. The summed E-state index contributed by atoms with van der Waals surface area (Å²) in [6, 6.07) is 15.6. The normalized spacial score (nSPS) is 11.0. The van der Waals surface area contributed by atoms with Gasteiger partial charge >= 0.3 is 0 Å². The predicted octanol–water partition coefficient (Wildman–Crippen LogP) is 4.41. The minimum atomic E-state index is -0.545. The Kier molecular flexibility index (Phi) is 5.97. The SMILES string of the molecule is CCc1ccc(NC(C)=O)cc1NC(=O)C(C)(C)Cc1ccccc1. The van der Waals surface area contributed by atoms with Crippen LogP contribution in [-0.2, 0) is 22.4 Å². The van der Waals surface area contributed by atoms with Gasteiger partial charge in [0.05, 0.1) is 0 Å². The van der Waals surface area contributed by atoms with Crippen molar-refractivity contribution in [3.8, 4) is 0 Å². The fraction of sp³-hybridized carbons (Fsp3) is 0.333. The van der Waals surface area contributed by atoms with Gasteiger partial charge < -0.3 is 10.6 Å². The van der Waals surface area contributed by atoms with E-state index in [9.17, 15) is 9.59 Å². The smallest absolute Gasteiger partial charge is 0.230 e. The van der Waals surface area contributed by atoms with Crippen LogP contribution in [0.2, 0.25) is 0 Å². The molecule has 2 aromatic carbocycles. The monoisotopic (exact) mass is 338 g/mol. The maximum atomic E-state index is 12.8. The van der Waals surface area contributed by atoms with Crippen LogP contribution < -0.4 is 10.6 Å². The molecule has 0 bridgehead atoms. The Balaban J connectivity index is 2.19. The predicted molar refractivity (Wildman–Crippen MR) is 103 cm³/mol. The maximum absolute atomic E-state index is 12.8. The van der Waals surface area contributed by atoms with Crippen molar-refractivity contribution in [2.24, 2.45) is 5.41 Å². The van der Waals surface area contributed by atoms with Crippen molar-refractivity contribution in [3.05, 3.63) is 59.7 Å². The number of carbonyl (C=O) groups excluding carboxylic acids is 2. The first kappa shape index (κ1) is 18.7. The Morgan fingerprint density at radius 3 is 2.28 bits per heavy atom. The number of anilines is 2. The molecule has 2 amide bonds. The first-order valence-electron chi connectivity index (χ1n) is 8.57. The summed E-state index contributed by atoms with van der Waals surface area (Å²) in [5, 5.41) is 5.80. The zero-order valence-electron chi connectivity index (χ0n) is 15.3. The largest absolute Gasteiger partial charge is 0.326 e. The summed E-state index contributed by atoms with van der Waals surface area (Å²) in [4.78, 5) is 24.1. The van der Waals surface area contributed by atoms with Crippen LogP contribution in [0.15, 0.2) is 48.5 Å². The van der Waals surface area contributed by atoms with Crippen LogP contribution >= 0.6 is 0 Å². The Morgan fingerprint density at radius 1 is 1.00 bits per heavy atom. The lowest BCUT2D eigenvalue weighted by molar-refractivity contribution is -0.124. The molecule has 2 N–H and O–H groups in total. The van der Waals surface area contributed by atoms with E-state index in [1.54, 1.807) is 0 Å². The van der Waals surface area contributed by atoms with E-state index in [0.717, 1.165) is 23.2 Å². The Bertz CT molecular complexity index is 752. The van der Waals surface area contributed by atoms with Gasteiger partial charge in [-0.05, 0) is 36.1 Å². The zero-order valence-corrected chi connectivity index (χ0v) is 15.3. The van der Waals surface area contributed by atoms with Crippen LogP contribution in [0.3, 0.4) is 0 Å². The average Bonchev–Trinajstić information content (AvgIpc) is 2.55. The molecule has 0 aliphatic carbocycles. The van der Waals surface area contributed by atoms with Gasteiger partial charge in [0.1, 0.15) is 0 Å². The number of benzene rings is 2. The van der Waals surface area contributed by atoms with Crippen LogP contribution in [0.4, 0.5) is 11.4 Å². The van der Waals surface area contributed by atoms with Crippen molar-refractivity contribution in [1.82, 2.24) is 0 Å². The molecule has 0 aliphatic rings. The molecule has 0 saturated carbocycles. The zero-order chi connectivity index (χ0) is 18.4. The second kappa shape index (κ2) is 7.97. The number of hydrogen-bond donors (Lipinski definition) is 2.